The SMILES string of the molecule is Cc1nnc(CN(C(=O)C2CC2c2ccc(F)c(F)c2)C(C)(C)C)o1. The lowest BCUT2D eigenvalue weighted by Gasteiger charge is -2.35. The van der Waals surface area contributed by atoms with Gasteiger partial charge in [-0.05, 0) is 50.8 Å². The number of halogens is 2. The van der Waals surface area contributed by atoms with Crippen LogP contribution in [0, 0.1) is 24.5 Å². The van der Waals surface area contributed by atoms with Crippen LogP contribution in [-0.2, 0) is 11.3 Å². The second kappa shape index (κ2) is 6.20. The van der Waals surface area contributed by atoms with Gasteiger partial charge in [-0.3, -0.25) is 4.79 Å². The fourth-order valence-corrected chi connectivity index (χ4v) is 2.96. The number of hydrogen-bond donors (Lipinski definition) is 0. The highest BCUT2D eigenvalue weighted by molar-refractivity contribution is 5.83. The highest BCUT2D eigenvalue weighted by atomic mass is 19.2. The predicted octanol–water partition coefficient (Wildman–Crippen LogP) is 3.59. The maximum Gasteiger partial charge on any atom is 0.235 e. The lowest BCUT2D eigenvalue weighted by atomic mass is 10.0. The standard InChI is InChI=1S/C18H21F2N3O2/c1-10-21-22-16(25-10)9-23(18(2,3)4)17(24)13-8-12(13)11-5-6-14(19)15(20)7-11/h5-7,12-13H,8-9H2,1-4H3. The van der Waals surface area contributed by atoms with E-state index in [9.17, 15) is 13.6 Å². The molecule has 1 aromatic carbocycles. The Kier molecular flexibility index (Phi) is 4.34. The minimum atomic E-state index is -0.885. The van der Waals surface area contributed by atoms with Gasteiger partial charge in [0.05, 0.1) is 6.54 Å². The molecule has 0 N–H and O–H groups in total. The number of aromatic nitrogens is 2. The monoisotopic (exact) mass is 349 g/mol. The zero-order valence-corrected chi connectivity index (χ0v) is 14.7. The first-order valence-corrected chi connectivity index (χ1v) is 8.22. The van der Waals surface area contributed by atoms with Crippen LogP contribution in [0.2, 0.25) is 0 Å². The van der Waals surface area contributed by atoms with Gasteiger partial charge in [-0.2, -0.15) is 0 Å². The van der Waals surface area contributed by atoms with E-state index in [-0.39, 0.29) is 24.3 Å². The summed E-state index contributed by atoms with van der Waals surface area (Å²) >= 11 is 0. The van der Waals surface area contributed by atoms with Crippen LogP contribution in [0.3, 0.4) is 0 Å². The zero-order valence-electron chi connectivity index (χ0n) is 14.7. The van der Waals surface area contributed by atoms with Crippen molar-refractivity contribution in [2.24, 2.45) is 5.92 Å². The number of nitrogens with zero attached hydrogens (tertiary/aromatic N) is 3. The van der Waals surface area contributed by atoms with Crippen molar-refractivity contribution in [1.82, 2.24) is 15.1 Å². The van der Waals surface area contributed by atoms with E-state index in [0.29, 0.717) is 23.8 Å². The van der Waals surface area contributed by atoms with Gasteiger partial charge in [0.25, 0.3) is 0 Å². The number of amides is 1. The predicted molar refractivity (Wildman–Crippen MR) is 86.5 cm³/mol. The lowest BCUT2D eigenvalue weighted by Crippen LogP contribution is -2.46. The van der Waals surface area contributed by atoms with Crippen molar-refractivity contribution in [1.29, 1.82) is 0 Å². The molecule has 0 saturated heterocycles. The molecule has 2 unspecified atom stereocenters. The highest BCUT2D eigenvalue weighted by Gasteiger charge is 2.48. The molecule has 1 aliphatic carbocycles. The van der Waals surface area contributed by atoms with Crippen LogP contribution < -0.4 is 0 Å². The van der Waals surface area contributed by atoms with Crippen molar-refractivity contribution in [2.75, 3.05) is 0 Å². The topological polar surface area (TPSA) is 59.2 Å². The summed E-state index contributed by atoms with van der Waals surface area (Å²) in [6, 6.07) is 3.82. The first-order valence-electron chi connectivity index (χ1n) is 8.22. The quantitative estimate of drug-likeness (QED) is 0.846. The Balaban J connectivity index is 1.76. The van der Waals surface area contributed by atoms with Gasteiger partial charge < -0.3 is 9.32 Å². The number of benzene rings is 1. The fourth-order valence-electron chi connectivity index (χ4n) is 2.96. The van der Waals surface area contributed by atoms with Crippen LogP contribution in [0.25, 0.3) is 0 Å². The van der Waals surface area contributed by atoms with E-state index in [0.717, 1.165) is 6.07 Å². The third kappa shape index (κ3) is 3.70. The molecule has 7 heteroatoms. The van der Waals surface area contributed by atoms with Gasteiger partial charge in [0.1, 0.15) is 0 Å². The summed E-state index contributed by atoms with van der Waals surface area (Å²) in [5, 5.41) is 7.75. The van der Waals surface area contributed by atoms with Crippen LogP contribution in [0.1, 0.15) is 50.5 Å². The van der Waals surface area contributed by atoms with E-state index in [1.807, 2.05) is 20.8 Å². The average Bonchev–Trinajstić information content (AvgIpc) is 3.22. The van der Waals surface area contributed by atoms with Gasteiger partial charge >= 0.3 is 0 Å². The molecule has 0 aliphatic heterocycles. The second-order valence-corrected chi connectivity index (χ2v) is 7.43. The van der Waals surface area contributed by atoms with Gasteiger partial charge in [0.2, 0.25) is 17.7 Å². The van der Waals surface area contributed by atoms with E-state index in [2.05, 4.69) is 10.2 Å². The van der Waals surface area contributed by atoms with Crippen LogP contribution in [-0.4, -0.2) is 26.5 Å². The third-order valence-electron chi connectivity index (χ3n) is 4.42. The number of hydrogen-bond acceptors (Lipinski definition) is 4. The summed E-state index contributed by atoms with van der Waals surface area (Å²) < 4.78 is 31.9. The molecule has 1 heterocycles. The van der Waals surface area contributed by atoms with Gasteiger partial charge in [-0.25, -0.2) is 8.78 Å². The minimum absolute atomic E-state index is 0.0434. The van der Waals surface area contributed by atoms with E-state index >= 15 is 0 Å². The Morgan fingerprint density at radius 1 is 1.28 bits per heavy atom. The van der Waals surface area contributed by atoms with Crippen molar-refractivity contribution >= 4 is 5.91 Å². The number of aryl methyl sites for hydroxylation is 1. The maximum absolute atomic E-state index is 13.4. The molecule has 1 fully saturated rings. The third-order valence-corrected chi connectivity index (χ3v) is 4.42. The molecule has 1 amide bonds. The number of carbonyl (C=O) groups is 1. The molecule has 0 spiro atoms. The van der Waals surface area contributed by atoms with Gasteiger partial charge in [-0.1, -0.05) is 6.07 Å². The molecule has 1 aromatic heterocycles. The summed E-state index contributed by atoms with van der Waals surface area (Å²) in [7, 11) is 0. The Hall–Kier alpha value is -2.31. The second-order valence-electron chi connectivity index (χ2n) is 7.43. The van der Waals surface area contributed by atoms with Crippen LogP contribution in [0.5, 0.6) is 0 Å². The first kappa shape index (κ1) is 17.5. The Labute approximate surface area is 145 Å². The van der Waals surface area contributed by atoms with Crippen molar-refractivity contribution in [3.8, 4) is 0 Å². The summed E-state index contributed by atoms with van der Waals surface area (Å²) in [5.74, 6) is -1.31. The van der Waals surface area contributed by atoms with Crippen LogP contribution in [0.4, 0.5) is 8.78 Å². The minimum Gasteiger partial charge on any atom is -0.424 e. The molecule has 134 valence electrons. The Bertz CT molecular complexity index is 798. The molecule has 0 radical (unpaired) electrons. The average molecular weight is 349 g/mol. The molecular formula is C18H21F2N3O2. The van der Waals surface area contributed by atoms with Gasteiger partial charge in [-0.15, -0.1) is 10.2 Å². The largest absolute Gasteiger partial charge is 0.424 e. The Morgan fingerprint density at radius 2 is 2.00 bits per heavy atom. The fraction of sp³-hybridized carbons (Fsp3) is 0.500. The van der Waals surface area contributed by atoms with E-state index < -0.39 is 17.2 Å². The van der Waals surface area contributed by atoms with E-state index in [1.165, 1.54) is 6.07 Å². The van der Waals surface area contributed by atoms with Crippen LogP contribution in [0.15, 0.2) is 22.6 Å². The van der Waals surface area contributed by atoms with Crippen molar-refractivity contribution < 1.29 is 18.0 Å². The summed E-state index contributed by atoms with van der Waals surface area (Å²) in [4.78, 5) is 14.7. The van der Waals surface area contributed by atoms with Gasteiger partial charge in [0, 0.05) is 18.4 Å². The molecular weight excluding hydrogens is 328 g/mol. The summed E-state index contributed by atoms with van der Waals surface area (Å²) in [5.41, 5.74) is 0.223. The molecule has 5 nitrogen and oxygen atoms in total. The molecule has 25 heavy (non-hydrogen) atoms. The smallest absolute Gasteiger partial charge is 0.235 e. The van der Waals surface area contributed by atoms with Crippen molar-refractivity contribution in [3.05, 3.63) is 47.2 Å². The van der Waals surface area contributed by atoms with Gasteiger partial charge in [0.15, 0.2) is 11.6 Å². The Morgan fingerprint density at radius 3 is 2.56 bits per heavy atom. The summed E-state index contributed by atoms with van der Waals surface area (Å²) in [6.45, 7) is 7.72. The van der Waals surface area contributed by atoms with Crippen LogP contribution >= 0.6 is 0 Å². The maximum atomic E-state index is 13.4. The summed E-state index contributed by atoms with van der Waals surface area (Å²) in [6.07, 6.45) is 0.624. The molecule has 2 aromatic rings. The van der Waals surface area contributed by atoms with Crippen molar-refractivity contribution in [2.45, 2.75) is 52.1 Å². The van der Waals surface area contributed by atoms with Crippen molar-refractivity contribution in [3.63, 3.8) is 0 Å². The zero-order chi connectivity index (χ0) is 18.4. The number of carbonyl (C=O) groups excluding carboxylic acids is 1. The molecule has 3 rings (SSSR count). The van der Waals surface area contributed by atoms with E-state index in [1.54, 1.807) is 17.9 Å². The highest BCUT2D eigenvalue weighted by Crippen LogP contribution is 2.49. The normalized spacial score (nSPS) is 19.8. The van der Waals surface area contributed by atoms with E-state index in [4.69, 9.17) is 4.42 Å². The molecule has 2 atom stereocenters. The first-order chi connectivity index (χ1) is 11.7. The number of rotatable bonds is 4. The molecule has 1 saturated carbocycles. The lowest BCUT2D eigenvalue weighted by molar-refractivity contribution is -0.138. The molecule has 1 aliphatic rings. The molecule has 0 bridgehead atoms.